The average Bonchev–Trinajstić information content (AvgIpc) is 3.20. The molecule has 1 N–H and O–H groups in total. The molecule has 0 saturated carbocycles. The molecule has 0 bridgehead atoms. The fourth-order valence-electron chi connectivity index (χ4n) is 3.71. The second-order valence-electron chi connectivity index (χ2n) is 10.8. The highest BCUT2D eigenvalue weighted by molar-refractivity contribution is 4.82. The molecule has 0 unspecified atom stereocenters. The fourth-order valence-corrected chi connectivity index (χ4v) is 3.71. The summed E-state index contributed by atoms with van der Waals surface area (Å²) in [5.74, 6) is 2.40. The van der Waals surface area contributed by atoms with E-state index in [0.29, 0.717) is 225 Å². The Morgan fingerprint density at radius 1 is 0.218 bits per heavy atom. The minimum absolute atomic E-state index is 0.0209. The van der Waals surface area contributed by atoms with Gasteiger partial charge in [0.1, 0.15) is 6.61 Å². The van der Waals surface area contributed by atoms with Crippen molar-refractivity contribution in [2.45, 2.75) is 0 Å². The van der Waals surface area contributed by atoms with Crippen LogP contribution in [0.15, 0.2) is 0 Å². The molecule has 0 amide bonds. The molecular weight excluding hydrogens is 732 g/mol. The second kappa shape index (κ2) is 52.8. The first kappa shape index (κ1) is 53.8. The van der Waals surface area contributed by atoms with Gasteiger partial charge in [-0.2, -0.15) is 0 Å². The normalized spacial score (nSPS) is 11.5. The maximum absolute atomic E-state index is 8.59. The van der Waals surface area contributed by atoms with Crippen LogP contribution in [0.2, 0.25) is 0 Å². The Hall–Kier alpha value is -1.16. The van der Waals surface area contributed by atoms with Crippen LogP contribution in [0.3, 0.4) is 0 Å². The number of terminal acetylenes is 1. The van der Waals surface area contributed by atoms with Gasteiger partial charge in [0.25, 0.3) is 0 Å². The summed E-state index contributed by atoms with van der Waals surface area (Å²) in [5, 5.41) is 8.59. The standard InChI is InChI=1S/C37H72O18/c1-2-4-39-6-8-41-10-12-43-14-16-45-18-20-47-22-24-49-26-28-51-30-32-53-34-36-55-37-35-54-33-31-52-29-27-50-25-23-48-21-19-46-17-15-44-13-11-42-9-7-40-5-3-38/h1,38H,3-37H2. The fraction of sp³-hybridized carbons (Fsp3) is 0.946. The summed E-state index contributed by atoms with van der Waals surface area (Å²) in [6, 6.07) is 0. The number of hydrogen-bond acceptors (Lipinski definition) is 18. The highest BCUT2D eigenvalue weighted by atomic mass is 16.6. The van der Waals surface area contributed by atoms with Gasteiger partial charge >= 0.3 is 0 Å². The molecular formula is C37H72O18. The van der Waals surface area contributed by atoms with Gasteiger partial charge in [-0.15, -0.1) is 6.42 Å². The van der Waals surface area contributed by atoms with Crippen molar-refractivity contribution in [2.75, 3.05) is 231 Å². The molecule has 0 aromatic carbocycles. The van der Waals surface area contributed by atoms with E-state index in [2.05, 4.69) is 5.92 Å². The molecule has 0 rings (SSSR count). The Kier molecular flexibility index (Phi) is 51.7. The molecule has 55 heavy (non-hydrogen) atoms. The second-order valence-corrected chi connectivity index (χ2v) is 10.8. The molecule has 0 saturated heterocycles. The van der Waals surface area contributed by atoms with E-state index in [1.165, 1.54) is 0 Å². The molecule has 0 aromatic rings. The Morgan fingerprint density at radius 2 is 0.345 bits per heavy atom. The van der Waals surface area contributed by atoms with Crippen LogP contribution in [-0.4, -0.2) is 236 Å². The number of hydrogen-bond donors (Lipinski definition) is 1. The summed E-state index contributed by atoms with van der Waals surface area (Å²) in [7, 11) is 0. The number of aliphatic hydroxyl groups is 1. The van der Waals surface area contributed by atoms with Crippen LogP contribution in [0.1, 0.15) is 0 Å². The third kappa shape index (κ3) is 52.8. The predicted octanol–water partition coefficient (Wildman–Crippen LogP) is -0.106. The summed E-state index contributed by atoms with van der Waals surface area (Å²) < 4.78 is 91.9. The van der Waals surface area contributed by atoms with Crippen molar-refractivity contribution in [3.63, 3.8) is 0 Å². The van der Waals surface area contributed by atoms with Gasteiger partial charge in [-0.05, 0) is 0 Å². The molecule has 0 fully saturated rings. The summed E-state index contributed by atoms with van der Waals surface area (Å²) in [6.07, 6.45) is 5.08. The minimum atomic E-state index is 0.0209. The molecule has 0 aliphatic carbocycles. The van der Waals surface area contributed by atoms with Gasteiger partial charge in [-0.1, -0.05) is 5.92 Å². The van der Waals surface area contributed by atoms with E-state index in [4.69, 9.17) is 92.1 Å². The van der Waals surface area contributed by atoms with Gasteiger partial charge in [-0.3, -0.25) is 0 Å². The van der Waals surface area contributed by atoms with Crippen LogP contribution in [-0.2, 0) is 80.5 Å². The largest absolute Gasteiger partial charge is 0.394 e. The van der Waals surface area contributed by atoms with Crippen LogP contribution in [0.25, 0.3) is 0 Å². The van der Waals surface area contributed by atoms with Gasteiger partial charge in [0, 0.05) is 0 Å². The SMILES string of the molecule is C#CCOCCOCCOCCOCCOCCOCCOCCOCCOCCOCCOCCOCCOCCOCCOCCOCCOCCO. The lowest BCUT2D eigenvalue weighted by Gasteiger charge is -2.09. The van der Waals surface area contributed by atoms with E-state index in [9.17, 15) is 0 Å². The molecule has 0 aromatic heterocycles. The molecule has 0 radical (unpaired) electrons. The molecule has 0 spiro atoms. The van der Waals surface area contributed by atoms with Gasteiger partial charge in [0.05, 0.1) is 225 Å². The third-order valence-corrected chi connectivity index (χ3v) is 6.37. The molecule has 0 heterocycles. The minimum Gasteiger partial charge on any atom is -0.394 e. The van der Waals surface area contributed by atoms with Crippen molar-refractivity contribution in [3.8, 4) is 12.3 Å². The molecule has 18 nitrogen and oxygen atoms in total. The number of rotatable bonds is 51. The van der Waals surface area contributed by atoms with Crippen molar-refractivity contribution >= 4 is 0 Å². The van der Waals surface area contributed by atoms with Crippen molar-refractivity contribution in [3.05, 3.63) is 0 Å². The molecule has 18 heteroatoms. The van der Waals surface area contributed by atoms with Gasteiger partial charge in [0.2, 0.25) is 0 Å². The van der Waals surface area contributed by atoms with Crippen LogP contribution in [0, 0.1) is 12.3 Å². The van der Waals surface area contributed by atoms with Gasteiger partial charge in [0.15, 0.2) is 0 Å². The van der Waals surface area contributed by atoms with E-state index in [-0.39, 0.29) is 6.61 Å². The quantitative estimate of drug-likeness (QED) is 0.0636. The Bertz CT molecular complexity index is 720. The highest BCUT2D eigenvalue weighted by Gasteiger charge is 1.98. The smallest absolute Gasteiger partial charge is 0.107 e. The van der Waals surface area contributed by atoms with E-state index in [1.807, 2.05) is 0 Å². The van der Waals surface area contributed by atoms with Crippen molar-refractivity contribution in [1.29, 1.82) is 0 Å². The highest BCUT2D eigenvalue weighted by Crippen LogP contribution is 1.89. The van der Waals surface area contributed by atoms with Crippen molar-refractivity contribution < 1.29 is 85.6 Å². The van der Waals surface area contributed by atoms with Gasteiger partial charge < -0.3 is 85.6 Å². The average molecular weight is 805 g/mol. The zero-order chi connectivity index (χ0) is 39.5. The van der Waals surface area contributed by atoms with Crippen molar-refractivity contribution in [2.24, 2.45) is 0 Å². The maximum Gasteiger partial charge on any atom is 0.107 e. The first-order valence-electron chi connectivity index (χ1n) is 19.3. The summed E-state index contributed by atoms with van der Waals surface area (Å²) >= 11 is 0. The zero-order valence-corrected chi connectivity index (χ0v) is 33.2. The lowest BCUT2D eigenvalue weighted by atomic mass is 10.6. The van der Waals surface area contributed by atoms with E-state index >= 15 is 0 Å². The summed E-state index contributed by atoms with van der Waals surface area (Å²) in [6.45, 7) is 16.5. The first-order valence-corrected chi connectivity index (χ1v) is 19.3. The molecule has 0 aliphatic heterocycles. The molecule has 0 atom stereocenters. The van der Waals surface area contributed by atoms with E-state index in [0.717, 1.165) is 0 Å². The predicted molar refractivity (Wildman–Crippen MR) is 200 cm³/mol. The lowest BCUT2D eigenvalue weighted by molar-refractivity contribution is -0.0307. The van der Waals surface area contributed by atoms with Crippen LogP contribution >= 0.6 is 0 Å². The molecule has 328 valence electrons. The summed E-state index contributed by atoms with van der Waals surface area (Å²) in [4.78, 5) is 0. The molecule has 0 aliphatic rings. The van der Waals surface area contributed by atoms with E-state index in [1.54, 1.807) is 0 Å². The summed E-state index contributed by atoms with van der Waals surface area (Å²) in [5.41, 5.74) is 0. The lowest BCUT2D eigenvalue weighted by Crippen LogP contribution is -2.16. The van der Waals surface area contributed by atoms with Crippen LogP contribution in [0.4, 0.5) is 0 Å². The Balaban J connectivity index is 3.05. The maximum atomic E-state index is 8.59. The van der Waals surface area contributed by atoms with Crippen LogP contribution < -0.4 is 0 Å². The zero-order valence-electron chi connectivity index (χ0n) is 33.2. The topological polar surface area (TPSA) is 177 Å². The Morgan fingerprint density at radius 3 is 0.473 bits per heavy atom. The Labute approximate surface area is 329 Å². The third-order valence-electron chi connectivity index (χ3n) is 6.37. The monoisotopic (exact) mass is 804 g/mol. The first-order chi connectivity index (χ1) is 27.4. The van der Waals surface area contributed by atoms with Crippen LogP contribution in [0.5, 0.6) is 0 Å². The van der Waals surface area contributed by atoms with Gasteiger partial charge in [-0.25, -0.2) is 0 Å². The number of aliphatic hydroxyl groups excluding tert-OH is 1. The van der Waals surface area contributed by atoms with Crippen molar-refractivity contribution in [1.82, 2.24) is 0 Å². The van der Waals surface area contributed by atoms with E-state index < -0.39 is 0 Å². The number of ether oxygens (including phenoxy) is 17.